The van der Waals surface area contributed by atoms with Gasteiger partial charge < -0.3 is 19.8 Å². The highest BCUT2D eigenvalue weighted by atomic mass is 127. The highest BCUT2D eigenvalue weighted by molar-refractivity contribution is 14.0. The lowest BCUT2D eigenvalue weighted by molar-refractivity contribution is 0.0394. The summed E-state index contributed by atoms with van der Waals surface area (Å²) < 4.78 is 10.9. The van der Waals surface area contributed by atoms with E-state index in [0.29, 0.717) is 6.04 Å². The first-order valence-corrected chi connectivity index (χ1v) is 12.0. The Morgan fingerprint density at radius 3 is 2.48 bits per heavy atom. The first-order chi connectivity index (χ1) is 15.8. The van der Waals surface area contributed by atoms with E-state index in [-0.39, 0.29) is 24.0 Å². The molecule has 0 bridgehead atoms. The number of nitrogens with one attached hydrogen (secondary N) is 2. The van der Waals surface area contributed by atoms with Gasteiger partial charge in [0.25, 0.3) is 0 Å². The molecule has 2 N–H and O–H groups in total. The van der Waals surface area contributed by atoms with Gasteiger partial charge in [0.15, 0.2) is 5.96 Å². The monoisotopic (exact) mass is 567 g/mol. The summed E-state index contributed by atoms with van der Waals surface area (Å²) in [5, 5.41) is 7.21. The summed E-state index contributed by atoms with van der Waals surface area (Å²) in [6, 6.07) is 15.2. The molecule has 0 atom stereocenters. The van der Waals surface area contributed by atoms with Gasteiger partial charge in [-0.05, 0) is 30.5 Å². The molecule has 2 fully saturated rings. The van der Waals surface area contributed by atoms with E-state index in [2.05, 4.69) is 50.8 Å². The number of piperidine rings is 1. The molecule has 0 amide bonds. The highest BCUT2D eigenvalue weighted by Gasteiger charge is 2.20. The van der Waals surface area contributed by atoms with Gasteiger partial charge in [-0.2, -0.15) is 0 Å². The Bertz CT molecular complexity index is 788. The second-order valence-electron chi connectivity index (χ2n) is 8.62. The molecule has 0 aliphatic carbocycles. The molecule has 33 heavy (non-hydrogen) atoms. The maximum Gasteiger partial charge on any atom is 0.191 e. The van der Waals surface area contributed by atoms with Crippen molar-refractivity contribution in [2.45, 2.75) is 31.8 Å². The number of halogens is 1. The normalized spacial score (nSPS) is 18.6. The Balaban J connectivity index is 0.00000306. The molecule has 0 spiro atoms. The zero-order chi connectivity index (χ0) is 21.8. The van der Waals surface area contributed by atoms with Gasteiger partial charge >= 0.3 is 0 Å². The summed E-state index contributed by atoms with van der Waals surface area (Å²) in [6.45, 7) is 9.51. The molecule has 0 unspecified atom stereocenters. The fourth-order valence-corrected chi connectivity index (χ4v) is 4.31. The third-order valence-electron chi connectivity index (χ3n) is 6.21. The molecule has 2 aliphatic rings. The molecule has 7 nitrogen and oxygen atoms in total. The minimum Gasteiger partial charge on any atom is -0.469 e. The van der Waals surface area contributed by atoms with E-state index in [9.17, 15) is 0 Å². The average molecular weight is 568 g/mol. The van der Waals surface area contributed by atoms with Crippen molar-refractivity contribution in [1.82, 2.24) is 20.4 Å². The number of hydrogen-bond acceptors (Lipinski definition) is 5. The maximum atomic E-state index is 5.46. The Hall–Kier alpha value is -1.62. The summed E-state index contributed by atoms with van der Waals surface area (Å²) in [6.07, 6.45) is 4.85. The molecule has 3 heterocycles. The number of benzene rings is 1. The van der Waals surface area contributed by atoms with Gasteiger partial charge in [-0.3, -0.25) is 14.8 Å². The SMILES string of the molecule is I.c1ccc(CN2CCC(NC(=NCCN3CCOCC3)NCCc3ccco3)CC2)cc1. The Kier molecular flexibility index (Phi) is 11.5. The van der Waals surface area contributed by atoms with Crippen LogP contribution in [0.25, 0.3) is 0 Å². The van der Waals surface area contributed by atoms with E-state index in [0.717, 1.165) is 96.6 Å². The van der Waals surface area contributed by atoms with Gasteiger partial charge in [0.2, 0.25) is 0 Å². The molecule has 182 valence electrons. The number of ether oxygens (including phenoxy) is 1. The van der Waals surface area contributed by atoms with Crippen LogP contribution in [-0.4, -0.2) is 80.8 Å². The average Bonchev–Trinajstić information content (AvgIpc) is 3.35. The van der Waals surface area contributed by atoms with Crippen LogP contribution in [0, 0.1) is 0 Å². The minimum absolute atomic E-state index is 0. The molecule has 0 radical (unpaired) electrons. The lowest BCUT2D eigenvalue weighted by atomic mass is 10.0. The van der Waals surface area contributed by atoms with E-state index in [4.69, 9.17) is 14.1 Å². The summed E-state index contributed by atoms with van der Waals surface area (Å²) in [4.78, 5) is 9.86. The van der Waals surface area contributed by atoms with Gasteiger partial charge in [-0.25, -0.2) is 0 Å². The fraction of sp³-hybridized carbons (Fsp3) is 0.560. The van der Waals surface area contributed by atoms with Crippen molar-refractivity contribution in [3.05, 3.63) is 60.1 Å². The van der Waals surface area contributed by atoms with Crippen molar-refractivity contribution >= 4 is 29.9 Å². The van der Waals surface area contributed by atoms with Crippen molar-refractivity contribution in [2.24, 2.45) is 4.99 Å². The predicted molar refractivity (Wildman–Crippen MR) is 143 cm³/mol. The van der Waals surface area contributed by atoms with Crippen molar-refractivity contribution < 1.29 is 9.15 Å². The molecule has 2 aromatic rings. The Morgan fingerprint density at radius 2 is 1.76 bits per heavy atom. The lowest BCUT2D eigenvalue weighted by Gasteiger charge is -2.33. The van der Waals surface area contributed by atoms with E-state index in [1.807, 2.05) is 12.1 Å². The fourth-order valence-electron chi connectivity index (χ4n) is 4.31. The van der Waals surface area contributed by atoms with Crippen LogP contribution in [0.1, 0.15) is 24.2 Å². The quantitative estimate of drug-likeness (QED) is 0.276. The van der Waals surface area contributed by atoms with Gasteiger partial charge in [-0.1, -0.05) is 30.3 Å². The van der Waals surface area contributed by atoms with Crippen molar-refractivity contribution in [3.63, 3.8) is 0 Å². The number of morpholine rings is 1. The van der Waals surface area contributed by atoms with Crippen LogP contribution < -0.4 is 10.6 Å². The number of furan rings is 1. The molecule has 8 heteroatoms. The van der Waals surface area contributed by atoms with Gasteiger partial charge in [0.1, 0.15) is 5.76 Å². The highest BCUT2D eigenvalue weighted by Crippen LogP contribution is 2.14. The number of likely N-dealkylation sites (tertiary alicyclic amines) is 1. The van der Waals surface area contributed by atoms with Gasteiger partial charge in [-0.15, -0.1) is 24.0 Å². The number of nitrogens with zero attached hydrogens (tertiary/aromatic N) is 3. The van der Waals surface area contributed by atoms with Crippen molar-refractivity contribution in [1.29, 1.82) is 0 Å². The number of aliphatic imine (C=N–C) groups is 1. The Morgan fingerprint density at radius 1 is 0.970 bits per heavy atom. The zero-order valence-corrected chi connectivity index (χ0v) is 21.8. The topological polar surface area (TPSA) is 65.3 Å². The molecule has 1 aromatic heterocycles. The first kappa shape index (κ1) is 26.0. The van der Waals surface area contributed by atoms with Gasteiger partial charge in [0.05, 0.1) is 26.0 Å². The van der Waals surface area contributed by atoms with Crippen molar-refractivity contribution in [3.8, 4) is 0 Å². The standard InChI is InChI=1S/C25H37N5O2.HI/c1-2-5-22(6-3-1)21-30-13-9-23(10-14-30)28-25(26-11-8-24-7-4-18-32-24)27-12-15-29-16-19-31-20-17-29;/h1-7,18,23H,8-17,19-21H2,(H2,26,27,28);1H. The van der Waals surface area contributed by atoms with Crippen LogP contribution in [0.2, 0.25) is 0 Å². The Labute approximate surface area is 215 Å². The lowest BCUT2D eigenvalue weighted by Crippen LogP contribution is -2.49. The second-order valence-corrected chi connectivity index (χ2v) is 8.62. The summed E-state index contributed by atoms with van der Waals surface area (Å²) in [5.74, 6) is 1.92. The van der Waals surface area contributed by atoms with Crippen LogP contribution >= 0.6 is 24.0 Å². The molecular formula is C25H38IN5O2. The molecule has 4 rings (SSSR count). The summed E-state index contributed by atoms with van der Waals surface area (Å²) in [7, 11) is 0. The van der Waals surface area contributed by atoms with Crippen LogP contribution in [-0.2, 0) is 17.7 Å². The predicted octanol–water partition coefficient (Wildman–Crippen LogP) is 2.97. The number of rotatable bonds is 9. The molecule has 1 aromatic carbocycles. The van der Waals surface area contributed by atoms with E-state index >= 15 is 0 Å². The van der Waals surface area contributed by atoms with Crippen molar-refractivity contribution in [2.75, 3.05) is 59.0 Å². The van der Waals surface area contributed by atoms with Crippen LogP contribution in [0.15, 0.2) is 58.1 Å². The molecule has 0 saturated carbocycles. The molecular weight excluding hydrogens is 529 g/mol. The summed E-state index contributed by atoms with van der Waals surface area (Å²) in [5.41, 5.74) is 1.39. The zero-order valence-electron chi connectivity index (χ0n) is 19.5. The second kappa shape index (κ2) is 14.6. The molecule has 2 saturated heterocycles. The van der Waals surface area contributed by atoms with Crippen LogP contribution in [0.3, 0.4) is 0 Å². The minimum atomic E-state index is 0. The van der Waals surface area contributed by atoms with E-state index in [1.165, 1.54) is 5.56 Å². The third-order valence-corrected chi connectivity index (χ3v) is 6.21. The van der Waals surface area contributed by atoms with E-state index in [1.54, 1.807) is 6.26 Å². The largest absolute Gasteiger partial charge is 0.469 e. The maximum absolute atomic E-state index is 5.46. The first-order valence-electron chi connectivity index (χ1n) is 12.0. The smallest absolute Gasteiger partial charge is 0.191 e. The third kappa shape index (κ3) is 9.27. The summed E-state index contributed by atoms with van der Waals surface area (Å²) >= 11 is 0. The number of hydrogen-bond donors (Lipinski definition) is 2. The molecule has 2 aliphatic heterocycles. The van der Waals surface area contributed by atoms with Gasteiger partial charge in [0, 0.05) is 58.3 Å². The number of guanidine groups is 1. The van der Waals surface area contributed by atoms with Crippen LogP contribution in [0.4, 0.5) is 0 Å². The van der Waals surface area contributed by atoms with E-state index < -0.39 is 0 Å². The van der Waals surface area contributed by atoms with Crippen LogP contribution in [0.5, 0.6) is 0 Å².